The van der Waals surface area contributed by atoms with E-state index in [1.165, 1.54) is 5.56 Å². The fourth-order valence-electron chi connectivity index (χ4n) is 3.35. The van der Waals surface area contributed by atoms with Crippen molar-refractivity contribution in [3.05, 3.63) is 46.2 Å². The number of hydrogen-bond donors (Lipinski definition) is 0. The highest BCUT2D eigenvalue weighted by atomic mass is 32.1. The summed E-state index contributed by atoms with van der Waals surface area (Å²) in [5.74, 6) is 1.83. The molecule has 132 valence electrons. The number of carbonyl (C=O) groups is 1. The molecule has 0 aliphatic carbocycles. The van der Waals surface area contributed by atoms with Gasteiger partial charge in [-0.3, -0.25) is 9.69 Å². The summed E-state index contributed by atoms with van der Waals surface area (Å²) in [6, 6.07) is 8.08. The SMILES string of the molecule is O=C(c1ccsc1)N1CCCN(Cc2ccc3c(c2)OCCO3)CC1. The van der Waals surface area contributed by atoms with Gasteiger partial charge in [0.2, 0.25) is 0 Å². The minimum Gasteiger partial charge on any atom is -0.486 e. The summed E-state index contributed by atoms with van der Waals surface area (Å²) in [6.07, 6.45) is 1.00. The summed E-state index contributed by atoms with van der Waals surface area (Å²) in [5, 5.41) is 3.89. The molecule has 2 aliphatic heterocycles. The Morgan fingerprint density at radius 1 is 1.04 bits per heavy atom. The van der Waals surface area contributed by atoms with Gasteiger partial charge in [0, 0.05) is 38.1 Å². The molecule has 0 radical (unpaired) electrons. The van der Waals surface area contributed by atoms with E-state index in [0.29, 0.717) is 13.2 Å². The van der Waals surface area contributed by atoms with Gasteiger partial charge in [0.25, 0.3) is 5.91 Å². The summed E-state index contributed by atoms with van der Waals surface area (Å²) in [7, 11) is 0. The number of rotatable bonds is 3. The molecule has 1 fully saturated rings. The average Bonchev–Trinajstić information content (AvgIpc) is 3.08. The quantitative estimate of drug-likeness (QED) is 0.846. The normalized spacial score (nSPS) is 18.0. The van der Waals surface area contributed by atoms with Crippen molar-refractivity contribution in [2.75, 3.05) is 39.4 Å². The second-order valence-corrected chi connectivity index (χ2v) is 7.19. The lowest BCUT2D eigenvalue weighted by molar-refractivity contribution is 0.0761. The van der Waals surface area contributed by atoms with E-state index in [-0.39, 0.29) is 5.91 Å². The Labute approximate surface area is 151 Å². The third-order valence-corrected chi connectivity index (χ3v) is 5.34. The van der Waals surface area contributed by atoms with Crippen molar-refractivity contribution in [3.8, 4) is 11.5 Å². The third kappa shape index (κ3) is 3.80. The van der Waals surface area contributed by atoms with E-state index in [1.54, 1.807) is 11.3 Å². The Balaban J connectivity index is 1.37. The predicted molar refractivity (Wildman–Crippen MR) is 97.5 cm³/mol. The van der Waals surface area contributed by atoms with Crippen molar-refractivity contribution in [1.29, 1.82) is 0 Å². The molecular weight excluding hydrogens is 336 g/mol. The number of ether oxygens (including phenoxy) is 2. The van der Waals surface area contributed by atoms with Crippen LogP contribution >= 0.6 is 11.3 Å². The second-order valence-electron chi connectivity index (χ2n) is 6.41. The summed E-state index contributed by atoms with van der Waals surface area (Å²) in [6.45, 7) is 5.60. The highest BCUT2D eigenvalue weighted by molar-refractivity contribution is 7.08. The molecule has 4 rings (SSSR count). The van der Waals surface area contributed by atoms with E-state index in [4.69, 9.17) is 9.47 Å². The number of carbonyl (C=O) groups excluding carboxylic acids is 1. The maximum Gasteiger partial charge on any atom is 0.254 e. The first-order valence-corrected chi connectivity index (χ1v) is 9.66. The molecule has 0 saturated carbocycles. The van der Waals surface area contributed by atoms with E-state index in [9.17, 15) is 4.79 Å². The summed E-state index contributed by atoms with van der Waals surface area (Å²) in [5.41, 5.74) is 2.03. The molecule has 25 heavy (non-hydrogen) atoms. The Morgan fingerprint density at radius 3 is 2.76 bits per heavy atom. The van der Waals surface area contributed by atoms with Crippen LogP contribution in [-0.2, 0) is 6.54 Å². The third-order valence-electron chi connectivity index (χ3n) is 4.66. The first kappa shape index (κ1) is 16.4. The lowest BCUT2D eigenvalue weighted by Crippen LogP contribution is -2.34. The zero-order valence-corrected chi connectivity index (χ0v) is 15.0. The smallest absolute Gasteiger partial charge is 0.254 e. The van der Waals surface area contributed by atoms with Crippen LogP contribution in [0.4, 0.5) is 0 Å². The van der Waals surface area contributed by atoms with Crippen LogP contribution in [-0.4, -0.2) is 55.1 Å². The first-order chi connectivity index (χ1) is 12.3. The van der Waals surface area contributed by atoms with Gasteiger partial charge in [0.15, 0.2) is 11.5 Å². The van der Waals surface area contributed by atoms with Gasteiger partial charge in [-0.15, -0.1) is 0 Å². The number of amides is 1. The number of fused-ring (bicyclic) bond motifs is 1. The Kier molecular flexibility index (Phi) is 4.90. The maximum atomic E-state index is 12.5. The van der Waals surface area contributed by atoms with E-state index in [1.807, 2.05) is 27.8 Å². The Bertz CT molecular complexity index is 732. The molecule has 0 unspecified atom stereocenters. The minimum absolute atomic E-state index is 0.155. The molecule has 0 atom stereocenters. The van der Waals surface area contributed by atoms with Crippen molar-refractivity contribution in [2.45, 2.75) is 13.0 Å². The van der Waals surface area contributed by atoms with Gasteiger partial charge in [0.05, 0.1) is 5.56 Å². The van der Waals surface area contributed by atoms with Crippen molar-refractivity contribution in [1.82, 2.24) is 9.80 Å². The van der Waals surface area contributed by atoms with Gasteiger partial charge in [-0.25, -0.2) is 0 Å². The summed E-state index contributed by atoms with van der Waals surface area (Å²) >= 11 is 1.57. The summed E-state index contributed by atoms with van der Waals surface area (Å²) in [4.78, 5) is 16.9. The standard InChI is InChI=1S/C19H22N2O3S/c22-19(16-4-11-25-14-16)21-6-1-5-20(7-8-21)13-15-2-3-17-18(12-15)24-10-9-23-17/h2-4,11-12,14H,1,5-10,13H2. The van der Waals surface area contributed by atoms with Gasteiger partial charge in [-0.1, -0.05) is 6.07 Å². The molecule has 0 spiro atoms. The van der Waals surface area contributed by atoms with Gasteiger partial charge >= 0.3 is 0 Å². The Hall–Kier alpha value is -2.05. The fourth-order valence-corrected chi connectivity index (χ4v) is 3.97. The van der Waals surface area contributed by atoms with Crippen molar-refractivity contribution in [3.63, 3.8) is 0 Å². The molecule has 1 aromatic carbocycles. The van der Waals surface area contributed by atoms with Crippen molar-refractivity contribution >= 4 is 17.2 Å². The molecule has 0 bridgehead atoms. The molecule has 0 N–H and O–H groups in total. The minimum atomic E-state index is 0.155. The zero-order chi connectivity index (χ0) is 17.1. The van der Waals surface area contributed by atoms with Crippen LogP contribution < -0.4 is 9.47 Å². The molecule has 1 saturated heterocycles. The van der Waals surface area contributed by atoms with Crippen LogP contribution in [0.1, 0.15) is 22.3 Å². The van der Waals surface area contributed by atoms with Gasteiger partial charge in [-0.2, -0.15) is 11.3 Å². The zero-order valence-electron chi connectivity index (χ0n) is 14.1. The maximum absolute atomic E-state index is 12.5. The molecule has 2 aliphatic rings. The Morgan fingerprint density at radius 2 is 1.92 bits per heavy atom. The largest absolute Gasteiger partial charge is 0.486 e. The van der Waals surface area contributed by atoms with Crippen molar-refractivity contribution in [2.24, 2.45) is 0 Å². The van der Waals surface area contributed by atoms with Crippen LogP contribution in [0.5, 0.6) is 11.5 Å². The van der Waals surface area contributed by atoms with Crippen LogP contribution in [0.25, 0.3) is 0 Å². The van der Waals surface area contributed by atoms with Gasteiger partial charge in [0.1, 0.15) is 13.2 Å². The fraction of sp³-hybridized carbons (Fsp3) is 0.421. The number of benzene rings is 1. The van der Waals surface area contributed by atoms with Gasteiger partial charge < -0.3 is 14.4 Å². The molecule has 1 aromatic heterocycles. The highest BCUT2D eigenvalue weighted by Crippen LogP contribution is 2.31. The molecule has 2 aromatic rings. The topological polar surface area (TPSA) is 42.0 Å². The van der Waals surface area contributed by atoms with Crippen LogP contribution in [0, 0.1) is 0 Å². The van der Waals surface area contributed by atoms with E-state index in [0.717, 1.165) is 56.2 Å². The monoisotopic (exact) mass is 358 g/mol. The second kappa shape index (κ2) is 7.45. The van der Waals surface area contributed by atoms with Crippen LogP contribution in [0.3, 0.4) is 0 Å². The molecule has 1 amide bonds. The van der Waals surface area contributed by atoms with Crippen LogP contribution in [0.2, 0.25) is 0 Å². The van der Waals surface area contributed by atoms with E-state index < -0.39 is 0 Å². The van der Waals surface area contributed by atoms with Crippen LogP contribution in [0.15, 0.2) is 35.0 Å². The number of nitrogens with zero attached hydrogens (tertiary/aromatic N) is 2. The molecular formula is C19H22N2O3S. The van der Waals surface area contributed by atoms with E-state index >= 15 is 0 Å². The average molecular weight is 358 g/mol. The number of thiophene rings is 1. The molecule has 3 heterocycles. The van der Waals surface area contributed by atoms with Crippen molar-refractivity contribution < 1.29 is 14.3 Å². The highest BCUT2D eigenvalue weighted by Gasteiger charge is 2.21. The van der Waals surface area contributed by atoms with Gasteiger partial charge in [-0.05, 0) is 35.6 Å². The lowest BCUT2D eigenvalue weighted by atomic mass is 10.1. The molecule has 5 nitrogen and oxygen atoms in total. The lowest BCUT2D eigenvalue weighted by Gasteiger charge is -2.23. The predicted octanol–water partition coefficient (Wildman–Crippen LogP) is 2.87. The summed E-state index contributed by atoms with van der Waals surface area (Å²) < 4.78 is 11.3. The number of hydrogen-bond acceptors (Lipinski definition) is 5. The van der Waals surface area contributed by atoms with E-state index in [2.05, 4.69) is 17.0 Å². The molecule has 6 heteroatoms. The first-order valence-electron chi connectivity index (χ1n) is 8.72.